The van der Waals surface area contributed by atoms with Crippen LogP contribution in [0, 0.1) is 5.82 Å². The molecular weight excluding hydrogens is 379 g/mol. The van der Waals surface area contributed by atoms with E-state index in [-0.39, 0.29) is 10.6 Å². The zero-order valence-electron chi connectivity index (χ0n) is 14.2. The monoisotopic (exact) mass is 394 g/mol. The van der Waals surface area contributed by atoms with E-state index in [0.29, 0.717) is 5.75 Å². The number of carbonyl (C=O) groups is 3. The molecule has 2 rings (SSSR count). The SMILES string of the molecule is COc1cccc(C(=O)NC[C@H](NC(=O)c2c(F)cccc2Cl)C(=O)O)c1. The number of amides is 2. The molecule has 0 aliphatic rings. The summed E-state index contributed by atoms with van der Waals surface area (Å²) in [5.41, 5.74) is -0.216. The number of methoxy groups -OCH3 is 1. The van der Waals surface area contributed by atoms with Gasteiger partial charge in [-0.1, -0.05) is 23.7 Å². The van der Waals surface area contributed by atoms with Gasteiger partial charge in [0.2, 0.25) is 0 Å². The summed E-state index contributed by atoms with van der Waals surface area (Å²) in [6, 6.07) is 8.41. The zero-order chi connectivity index (χ0) is 20.0. The Kier molecular flexibility index (Phi) is 6.73. The van der Waals surface area contributed by atoms with Crippen molar-refractivity contribution in [2.45, 2.75) is 6.04 Å². The molecule has 142 valence electrons. The van der Waals surface area contributed by atoms with Crippen LogP contribution in [0.1, 0.15) is 20.7 Å². The highest BCUT2D eigenvalue weighted by Gasteiger charge is 2.24. The van der Waals surface area contributed by atoms with E-state index in [0.717, 1.165) is 6.07 Å². The van der Waals surface area contributed by atoms with Crippen molar-refractivity contribution < 1.29 is 28.6 Å². The molecule has 27 heavy (non-hydrogen) atoms. The summed E-state index contributed by atoms with van der Waals surface area (Å²) in [7, 11) is 1.45. The van der Waals surface area contributed by atoms with Gasteiger partial charge in [0.25, 0.3) is 11.8 Å². The van der Waals surface area contributed by atoms with Crippen LogP contribution in [0.4, 0.5) is 4.39 Å². The molecule has 0 fully saturated rings. The van der Waals surface area contributed by atoms with Crippen molar-refractivity contribution in [3.8, 4) is 5.75 Å². The number of halogens is 2. The van der Waals surface area contributed by atoms with Crippen molar-refractivity contribution in [1.82, 2.24) is 10.6 Å². The highest BCUT2D eigenvalue weighted by molar-refractivity contribution is 6.33. The fraction of sp³-hybridized carbons (Fsp3) is 0.167. The number of nitrogens with one attached hydrogen (secondary N) is 2. The highest BCUT2D eigenvalue weighted by Crippen LogP contribution is 2.18. The third-order valence-corrected chi connectivity index (χ3v) is 3.91. The first-order valence-electron chi connectivity index (χ1n) is 7.73. The molecule has 1 atom stereocenters. The molecule has 0 radical (unpaired) electrons. The lowest BCUT2D eigenvalue weighted by atomic mass is 10.1. The Bertz CT molecular complexity index is 854. The lowest BCUT2D eigenvalue weighted by Gasteiger charge is -2.16. The molecule has 3 N–H and O–H groups in total. The van der Waals surface area contributed by atoms with Gasteiger partial charge in [-0.05, 0) is 30.3 Å². The van der Waals surface area contributed by atoms with Gasteiger partial charge in [0.1, 0.15) is 17.6 Å². The minimum absolute atomic E-state index is 0.156. The van der Waals surface area contributed by atoms with E-state index in [1.54, 1.807) is 12.1 Å². The average molecular weight is 395 g/mol. The lowest BCUT2D eigenvalue weighted by Crippen LogP contribution is -2.48. The van der Waals surface area contributed by atoms with Crippen LogP contribution < -0.4 is 15.4 Å². The number of ether oxygens (including phenoxy) is 1. The van der Waals surface area contributed by atoms with Crippen LogP contribution in [0.3, 0.4) is 0 Å². The maximum atomic E-state index is 13.8. The number of hydrogen-bond acceptors (Lipinski definition) is 4. The van der Waals surface area contributed by atoms with E-state index in [1.165, 1.54) is 31.4 Å². The predicted molar refractivity (Wildman–Crippen MR) is 95.6 cm³/mol. The molecule has 0 heterocycles. The van der Waals surface area contributed by atoms with Gasteiger partial charge in [0, 0.05) is 12.1 Å². The van der Waals surface area contributed by atoms with Crippen molar-refractivity contribution >= 4 is 29.4 Å². The van der Waals surface area contributed by atoms with Crippen molar-refractivity contribution in [3.05, 3.63) is 64.4 Å². The van der Waals surface area contributed by atoms with Gasteiger partial charge in [-0.25, -0.2) is 9.18 Å². The summed E-state index contributed by atoms with van der Waals surface area (Å²) in [6.07, 6.45) is 0. The molecule has 7 nitrogen and oxygen atoms in total. The number of hydrogen-bond donors (Lipinski definition) is 3. The van der Waals surface area contributed by atoms with Gasteiger partial charge in [0.15, 0.2) is 0 Å². The number of carboxylic acid groups (broad SMARTS) is 1. The number of carbonyl (C=O) groups excluding carboxylic acids is 2. The number of aliphatic carboxylic acids is 1. The minimum Gasteiger partial charge on any atom is -0.497 e. The zero-order valence-corrected chi connectivity index (χ0v) is 14.9. The quantitative estimate of drug-likeness (QED) is 0.667. The Morgan fingerprint density at radius 2 is 1.89 bits per heavy atom. The van der Waals surface area contributed by atoms with Crippen LogP contribution in [0.15, 0.2) is 42.5 Å². The van der Waals surface area contributed by atoms with Gasteiger partial charge in [-0.3, -0.25) is 9.59 Å². The fourth-order valence-corrected chi connectivity index (χ4v) is 2.46. The second kappa shape index (κ2) is 9.00. The summed E-state index contributed by atoms with van der Waals surface area (Å²) in [4.78, 5) is 35.7. The summed E-state index contributed by atoms with van der Waals surface area (Å²) in [5, 5.41) is 13.6. The third kappa shape index (κ3) is 5.18. The van der Waals surface area contributed by atoms with Crippen LogP contribution in [-0.4, -0.2) is 42.6 Å². The van der Waals surface area contributed by atoms with E-state index in [9.17, 15) is 23.9 Å². The predicted octanol–water partition coefficient (Wildman–Crippen LogP) is 2.10. The summed E-state index contributed by atoms with van der Waals surface area (Å²) < 4.78 is 18.8. The van der Waals surface area contributed by atoms with E-state index in [1.807, 2.05) is 0 Å². The first-order chi connectivity index (χ1) is 12.8. The second-order valence-electron chi connectivity index (χ2n) is 5.40. The van der Waals surface area contributed by atoms with E-state index >= 15 is 0 Å². The van der Waals surface area contributed by atoms with E-state index in [2.05, 4.69) is 10.6 Å². The normalized spacial score (nSPS) is 11.4. The van der Waals surface area contributed by atoms with Crippen LogP contribution >= 0.6 is 11.6 Å². The molecule has 0 unspecified atom stereocenters. The molecule has 0 aromatic heterocycles. The first-order valence-corrected chi connectivity index (χ1v) is 8.11. The van der Waals surface area contributed by atoms with Crippen molar-refractivity contribution in [1.29, 1.82) is 0 Å². The van der Waals surface area contributed by atoms with Crippen LogP contribution in [0.25, 0.3) is 0 Å². The molecule has 2 aromatic carbocycles. The second-order valence-corrected chi connectivity index (χ2v) is 5.81. The van der Waals surface area contributed by atoms with Crippen LogP contribution in [0.2, 0.25) is 5.02 Å². The molecule has 0 saturated heterocycles. The molecule has 0 spiro atoms. The Morgan fingerprint density at radius 1 is 1.19 bits per heavy atom. The average Bonchev–Trinajstić information content (AvgIpc) is 2.64. The van der Waals surface area contributed by atoms with Gasteiger partial charge in [-0.15, -0.1) is 0 Å². The van der Waals surface area contributed by atoms with E-state index < -0.39 is 41.8 Å². The summed E-state index contributed by atoms with van der Waals surface area (Å²) in [6.45, 7) is -0.414. The van der Waals surface area contributed by atoms with E-state index in [4.69, 9.17) is 16.3 Å². The highest BCUT2D eigenvalue weighted by atomic mass is 35.5. The third-order valence-electron chi connectivity index (χ3n) is 3.59. The van der Waals surface area contributed by atoms with Gasteiger partial charge >= 0.3 is 5.97 Å². The Labute approximate surface area is 159 Å². The number of rotatable bonds is 7. The van der Waals surface area contributed by atoms with Crippen LogP contribution in [-0.2, 0) is 4.79 Å². The smallest absolute Gasteiger partial charge is 0.328 e. The Hall–Kier alpha value is -3.13. The maximum Gasteiger partial charge on any atom is 0.328 e. The largest absolute Gasteiger partial charge is 0.497 e. The van der Waals surface area contributed by atoms with Crippen LogP contribution in [0.5, 0.6) is 5.75 Å². The fourth-order valence-electron chi connectivity index (χ4n) is 2.21. The van der Waals surface area contributed by atoms with Gasteiger partial charge in [-0.2, -0.15) is 0 Å². The molecule has 0 bridgehead atoms. The Morgan fingerprint density at radius 3 is 2.52 bits per heavy atom. The molecule has 0 aliphatic heterocycles. The molecule has 2 aromatic rings. The molecular formula is C18H16ClFN2O5. The topological polar surface area (TPSA) is 105 Å². The van der Waals surface area contributed by atoms with Gasteiger partial charge < -0.3 is 20.5 Å². The van der Waals surface area contributed by atoms with Crippen molar-refractivity contribution in [2.24, 2.45) is 0 Å². The lowest BCUT2D eigenvalue weighted by molar-refractivity contribution is -0.139. The standard InChI is InChI=1S/C18H16ClFN2O5/c1-27-11-5-2-4-10(8-11)16(23)21-9-14(18(25)26)22-17(24)15-12(19)6-3-7-13(15)20/h2-8,14H,9H2,1H3,(H,21,23)(H,22,24)(H,25,26)/t14-/m0/s1. The molecule has 0 aliphatic carbocycles. The van der Waals surface area contributed by atoms with Crippen molar-refractivity contribution in [3.63, 3.8) is 0 Å². The maximum absolute atomic E-state index is 13.8. The summed E-state index contributed by atoms with van der Waals surface area (Å²) >= 11 is 5.79. The molecule has 0 saturated carbocycles. The number of benzene rings is 2. The summed E-state index contributed by atoms with van der Waals surface area (Å²) in [5.74, 6) is -3.38. The molecule has 9 heteroatoms. The number of carboxylic acids is 1. The Balaban J connectivity index is 2.06. The first kappa shape index (κ1) is 20.2. The minimum atomic E-state index is -1.48. The molecule has 2 amide bonds. The van der Waals surface area contributed by atoms with Crippen molar-refractivity contribution in [2.75, 3.05) is 13.7 Å². The van der Waals surface area contributed by atoms with Gasteiger partial charge in [0.05, 0.1) is 17.7 Å².